The molecule has 0 aromatic heterocycles. The van der Waals surface area contributed by atoms with Gasteiger partial charge in [-0.25, -0.2) is 0 Å². The highest BCUT2D eigenvalue weighted by atomic mass is 28.4. The third-order valence-electron chi connectivity index (χ3n) is 6.34. The molecule has 0 amide bonds. The number of oxime groups is 1. The summed E-state index contributed by atoms with van der Waals surface area (Å²) in [6, 6.07) is 33.9. The Morgan fingerprint density at radius 3 is 1.71 bits per heavy atom. The molecular formula is C27H28N2OSi. The first-order valence-electron chi connectivity index (χ1n) is 11.0. The van der Waals surface area contributed by atoms with Crippen molar-refractivity contribution in [2.45, 2.75) is 32.6 Å². The van der Waals surface area contributed by atoms with Gasteiger partial charge in [-0.1, -0.05) is 104 Å². The van der Waals surface area contributed by atoms with E-state index in [0.717, 1.165) is 47.0 Å². The van der Waals surface area contributed by atoms with E-state index in [4.69, 9.17) is 9.68 Å². The van der Waals surface area contributed by atoms with Crippen molar-refractivity contribution in [1.82, 2.24) is 0 Å². The molecule has 4 rings (SSSR count). The molecule has 4 heteroatoms. The van der Waals surface area contributed by atoms with Gasteiger partial charge in [0.25, 0.3) is 0 Å². The van der Waals surface area contributed by atoms with Crippen LogP contribution in [0.2, 0.25) is 0 Å². The molecule has 0 aliphatic heterocycles. The minimum atomic E-state index is -2.85. The van der Waals surface area contributed by atoms with E-state index in [2.05, 4.69) is 78.9 Å². The van der Waals surface area contributed by atoms with Gasteiger partial charge in [0, 0.05) is 5.92 Å². The van der Waals surface area contributed by atoms with E-state index in [-0.39, 0.29) is 11.8 Å². The molecule has 0 bridgehead atoms. The second-order valence-corrected chi connectivity index (χ2v) is 11.5. The lowest BCUT2D eigenvalue weighted by molar-refractivity contribution is 0.321. The van der Waals surface area contributed by atoms with Crippen LogP contribution in [0.25, 0.3) is 0 Å². The number of nitriles is 1. The Morgan fingerprint density at radius 2 is 1.26 bits per heavy atom. The van der Waals surface area contributed by atoms with Crippen LogP contribution in [0.1, 0.15) is 32.6 Å². The van der Waals surface area contributed by atoms with Gasteiger partial charge in [-0.3, -0.25) is 0 Å². The summed E-state index contributed by atoms with van der Waals surface area (Å²) in [5.41, 5.74) is 0.936. The maximum atomic E-state index is 9.64. The molecule has 0 spiro atoms. The predicted molar refractivity (Wildman–Crippen MR) is 129 cm³/mol. The minimum Gasteiger partial charge on any atom is -0.438 e. The van der Waals surface area contributed by atoms with Crippen molar-refractivity contribution in [2.24, 2.45) is 17.0 Å². The van der Waals surface area contributed by atoms with Crippen molar-refractivity contribution in [1.29, 1.82) is 5.26 Å². The Bertz CT molecular complexity index is 948. The van der Waals surface area contributed by atoms with Crippen molar-refractivity contribution >= 4 is 29.6 Å². The van der Waals surface area contributed by atoms with E-state index in [9.17, 15) is 5.26 Å². The number of nitrogens with zero attached hydrogens (tertiary/aromatic N) is 2. The lowest BCUT2D eigenvalue weighted by Gasteiger charge is -2.32. The van der Waals surface area contributed by atoms with Gasteiger partial charge in [0.15, 0.2) is 0 Å². The molecule has 0 heterocycles. The molecule has 0 saturated heterocycles. The highest BCUT2D eigenvalue weighted by Crippen LogP contribution is 2.30. The van der Waals surface area contributed by atoms with Gasteiger partial charge in [-0.05, 0) is 35.3 Å². The molecule has 1 aliphatic carbocycles. The van der Waals surface area contributed by atoms with Gasteiger partial charge in [0.2, 0.25) is 0 Å². The average Bonchev–Trinajstić information content (AvgIpc) is 2.86. The molecule has 0 radical (unpaired) electrons. The van der Waals surface area contributed by atoms with Crippen molar-refractivity contribution < 1.29 is 4.53 Å². The maximum Gasteiger partial charge on any atom is 0.380 e. The standard InChI is InChI=1S/C27H28N2OSi/c1-22(27-20-12-11-13-23(27)21-28)29-30-31(24-14-5-2-6-15-24,25-16-7-3-8-17-25)26-18-9-4-10-19-26/h2-10,14-19,23,27H,11-13,20H2,1H3. The first kappa shape index (κ1) is 21.1. The first-order chi connectivity index (χ1) is 15.3. The van der Waals surface area contributed by atoms with E-state index in [1.54, 1.807) is 0 Å². The van der Waals surface area contributed by atoms with Crippen molar-refractivity contribution in [2.75, 3.05) is 0 Å². The molecule has 1 aliphatic rings. The molecule has 0 N–H and O–H groups in total. The lowest BCUT2D eigenvalue weighted by atomic mass is 9.78. The quantitative estimate of drug-likeness (QED) is 0.255. The third-order valence-corrected chi connectivity index (χ3v) is 10.1. The highest BCUT2D eigenvalue weighted by molar-refractivity contribution is 7.07. The molecule has 1 saturated carbocycles. The van der Waals surface area contributed by atoms with Gasteiger partial charge < -0.3 is 4.53 Å². The Kier molecular flexibility index (Phi) is 6.64. The Hall–Kier alpha value is -3.16. The van der Waals surface area contributed by atoms with Crippen LogP contribution in [0.3, 0.4) is 0 Å². The average molecular weight is 425 g/mol. The summed E-state index contributed by atoms with van der Waals surface area (Å²) in [4.78, 5) is 0. The number of benzene rings is 3. The fourth-order valence-corrected chi connectivity index (χ4v) is 8.25. The summed E-state index contributed by atoms with van der Waals surface area (Å²) >= 11 is 0. The van der Waals surface area contributed by atoms with Crippen molar-refractivity contribution in [3.8, 4) is 6.07 Å². The van der Waals surface area contributed by atoms with E-state index in [1.165, 1.54) is 0 Å². The summed E-state index contributed by atoms with van der Waals surface area (Å²) in [7, 11) is -2.85. The summed E-state index contributed by atoms with van der Waals surface area (Å²) in [5.74, 6) is 0.204. The third kappa shape index (κ3) is 4.33. The Balaban J connectivity index is 1.84. The van der Waals surface area contributed by atoms with Gasteiger partial charge in [-0.2, -0.15) is 5.26 Å². The molecular weight excluding hydrogens is 396 g/mol. The molecule has 3 aromatic carbocycles. The van der Waals surface area contributed by atoms with Crippen LogP contribution < -0.4 is 15.6 Å². The first-order valence-corrected chi connectivity index (χ1v) is 13.0. The van der Waals surface area contributed by atoms with E-state index >= 15 is 0 Å². The van der Waals surface area contributed by atoms with Crippen LogP contribution >= 0.6 is 0 Å². The van der Waals surface area contributed by atoms with Crippen LogP contribution in [0, 0.1) is 23.2 Å². The van der Waals surface area contributed by atoms with Gasteiger partial charge in [0.05, 0.1) is 17.7 Å². The fraction of sp³-hybridized carbons (Fsp3) is 0.259. The van der Waals surface area contributed by atoms with Crippen LogP contribution in [0.4, 0.5) is 0 Å². The maximum absolute atomic E-state index is 9.64. The predicted octanol–water partition coefficient (Wildman–Crippen LogP) is 4.38. The Labute approximate surface area is 186 Å². The van der Waals surface area contributed by atoms with Crippen molar-refractivity contribution in [3.63, 3.8) is 0 Å². The summed E-state index contributed by atoms with van der Waals surface area (Å²) in [6.45, 7) is 2.03. The van der Waals surface area contributed by atoms with Gasteiger partial charge in [-0.15, -0.1) is 5.16 Å². The second kappa shape index (κ2) is 9.76. The largest absolute Gasteiger partial charge is 0.438 e. The summed E-state index contributed by atoms with van der Waals surface area (Å²) in [6.07, 6.45) is 4.23. The van der Waals surface area contributed by atoms with E-state index < -0.39 is 8.32 Å². The highest BCUT2D eigenvalue weighted by Gasteiger charge is 2.45. The minimum absolute atomic E-state index is 0.0299. The summed E-state index contributed by atoms with van der Waals surface area (Å²) < 4.78 is 6.71. The van der Waals surface area contributed by atoms with E-state index in [1.807, 2.05) is 25.1 Å². The van der Waals surface area contributed by atoms with Crippen LogP contribution in [-0.4, -0.2) is 14.0 Å². The summed E-state index contributed by atoms with van der Waals surface area (Å²) in [5, 5.41) is 17.9. The zero-order chi connectivity index (χ0) is 21.5. The Morgan fingerprint density at radius 1 is 0.806 bits per heavy atom. The normalized spacial score (nSPS) is 19.4. The lowest BCUT2D eigenvalue weighted by Crippen LogP contribution is -2.68. The van der Waals surface area contributed by atoms with Crippen LogP contribution in [0.5, 0.6) is 0 Å². The molecule has 31 heavy (non-hydrogen) atoms. The fourth-order valence-electron chi connectivity index (χ4n) is 4.67. The van der Waals surface area contributed by atoms with Crippen LogP contribution in [-0.2, 0) is 4.53 Å². The molecule has 3 aromatic rings. The molecule has 1 fully saturated rings. The second-order valence-electron chi connectivity index (χ2n) is 8.23. The van der Waals surface area contributed by atoms with Gasteiger partial charge in [0.1, 0.15) is 0 Å². The topological polar surface area (TPSA) is 45.4 Å². The van der Waals surface area contributed by atoms with Crippen molar-refractivity contribution in [3.05, 3.63) is 91.0 Å². The smallest absolute Gasteiger partial charge is 0.380 e. The number of hydrogen-bond donors (Lipinski definition) is 0. The molecule has 2 unspecified atom stereocenters. The zero-order valence-electron chi connectivity index (χ0n) is 17.9. The molecule has 2 atom stereocenters. The number of hydrogen-bond acceptors (Lipinski definition) is 3. The SMILES string of the molecule is CC(=NO[Si](c1ccccc1)(c1ccccc1)c1ccccc1)C1CCCCC1C#N. The monoisotopic (exact) mass is 424 g/mol. The van der Waals surface area contributed by atoms with Gasteiger partial charge >= 0.3 is 8.32 Å². The van der Waals surface area contributed by atoms with Crippen LogP contribution in [0.15, 0.2) is 96.2 Å². The molecule has 156 valence electrons. The molecule has 3 nitrogen and oxygen atoms in total. The van der Waals surface area contributed by atoms with E-state index in [0.29, 0.717) is 0 Å². The zero-order valence-corrected chi connectivity index (χ0v) is 18.9. The number of rotatable bonds is 6.